The van der Waals surface area contributed by atoms with E-state index >= 15 is 0 Å². The molecule has 144 valence electrons. The summed E-state index contributed by atoms with van der Waals surface area (Å²) in [4.78, 5) is 27.2. The highest BCUT2D eigenvalue weighted by atomic mass is 32.1. The van der Waals surface area contributed by atoms with Gasteiger partial charge in [-0.15, -0.1) is 11.3 Å². The van der Waals surface area contributed by atoms with Gasteiger partial charge in [-0.25, -0.2) is 0 Å². The van der Waals surface area contributed by atoms with Crippen molar-refractivity contribution < 1.29 is 14.3 Å². The van der Waals surface area contributed by atoms with Crippen molar-refractivity contribution in [3.05, 3.63) is 58.3 Å². The molecule has 27 heavy (non-hydrogen) atoms. The summed E-state index contributed by atoms with van der Waals surface area (Å²) >= 11 is 1.35. The molecule has 2 atom stereocenters. The van der Waals surface area contributed by atoms with Gasteiger partial charge in [-0.3, -0.25) is 14.5 Å². The third-order valence-corrected chi connectivity index (χ3v) is 5.33. The largest absolute Gasteiger partial charge is 0.374 e. The molecule has 2 heterocycles. The monoisotopic (exact) mass is 387 g/mol. The van der Waals surface area contributed by atoms with Crippen LogP contribution in [-0.2, 0) is 16.1 Å². The molecule has 2 N–H and O–H groups in total. The van der Waals surface area contributed by atoms with Crippen LogP contribution in [0.25, 0.3) is 0 Å². The van der Waals surface area contributed by atoms with Crippen LogP contribution in [0, 0.1) is 0 Å². The first-order valence-electron chi connectivity index (χ1n) is 9.12. The Balaban J connectivity index is 1.42. The number of thiophene rings is 1. The van der Waals surface area contributed by atoms with E-state index in [-0.39, 0.29) is 17.9 Å². The van der Waals surface area contributed by atoms with Crippen molar-refractivity contribution in [3.63, 3.8) is 0 Å². The number of carbonyl (C=O) groups excluding carboxylic acids is 2. The standard InChI is InChI=1S/C20H25N3O3S/c1-15(22-20(25)18-8-5-11-27-18)19(24)21-12-17-14-23(9-10-26-17)13-16-6-3-2-4-7-16/h2-8,11,15,17H,9-10,12-14H2,1H3,(H,21,24)(H,22,25). The summed E-state index contributed by atoms with van der Waals surface area (Å²) in [7, 11) is 0. The van der Waals surface area contributed by atoms with Crippen molar-refractivity contribution in [1.82, 2.24) is 15.5 Å². The molecule has 2 unspecified atom stereocenters. The number of rotatable bonds is 7. The zero-order chi connectivity index (χ0) is 19.1. The summed E-state index contributed by atoms with van der Waals surface area (Å²) in [5, 5.41) is 7.44. The Morgan fingerprint density at radius 2 is 2.07 bits per heavy atom. The Labute approximate surface area is 163 Å². The molecule has 1 saturated heterocycles. The van der Waals surface area contributed by atoms with Crippen molar-refractivity contribution >= 4 is 23.2 Å². The summed E-state index contributed by atoms with van der Waals surface area (Å²) in [5.41, 5.74) is 1.27. The van der Waals surface area contributed by atoms with E-state index in [1.54, 1.807) is 13.0 Å². The lowest BCUT2D eigenvalue weighted by atomic mass is 10.2. The van der Waals surface area contributed by atoms with E-state index < -0.39 is 6.04 Å². The summed E-state index contributed by atoms with van der Waals surface area (Å²) in [6, 6.07) is 13.3. The predicted molar refractivity (Wildman–Crippen MR) is 106 cm³/mol. The number of morpholine rings is 1. The van der Waals surface area contributed by atoms with Gasteiger partial charge in [-0.1, -0.05) is 36.4 Å². The van der Waals surface area contributed by atoms with E-state index in [9.17, 15) is 9.59 Å². The van der Waals surface area contributed by atoms with Gasteiger partial charge in [0.25, 0.3) is 5.91 Å². The third kappa shape index (κ3) is 5.89. The molecule has 2 aromatic rings. The topological polar surface area (TPSA) is 70.7 Å². The van der Waals surface area contributed by atoms with Gasteiger partial charge >= 0.3 is 0 Å². The van der Waals surface area contributed by atoms with Crippen LogP contribution in [0.4, 0.5) is 0 Å². The number of benzene rings is 1. The number of hydrogen-bond donors (Lipinski definition) is 2. The highest BCUT2D eigenvalue weighted by Gasteiger charge is 2.23. The van der Waals surface area contributed by atoms with Crippen LogP contribution in [0.15, 0.2) is 47.8 Å². The Hall–Kier alpha value is -2.22. The fraction of sp³-hybridized carbons (Fsp3) is 0.400. The second kappa shape index (κ2) is 9.64. The first-order chi connectivity index (χ1) is 13.1. The summed E-state index contributed by atoms with van der Waals surface area (Å²) in [6.07, 6.45) is -0.0494. The minimum absolute atomic E-state index is 0.0494. The Bertz CT molecular complexity index is 736. The van der Waals surface area contributed by atoms with E-state index in [2.05, 4.69) is 27.7 Å². The molecule has 6 nitrogen and oxygen atoms in total. The SMILES string of the molecule is CC(NC(=O)c1cccs1)C(=O)NCC1CN(Cc2ccccc2)CCO1. The summed E-state index contributed by atoms with van der Waals surface area (Å²) in [5.74, 6) is -0.431. The van der Waals surface area contributed by atoms with Crippen LogP contribution in [0.3, 0.4) is 0 Å². The average Bonchev–Trinajstić information content (AvgIpc) is 3.22. The highest BCUT2D eigenvalue weighted by molar-refractivity contribution is 7.12. The Morgan fingerprint density at radius 1 is 1.26 bits per heavy atom. The molecule has 1 aromatic heterocycles. The number of hydrogen-bond acceptors (Lipinski definition) is 5. The molecule has 2 amide bonds. The zero-order valence-corrected chi connectivity index (χ0v) is 16.2. The van der Waals surface area contributed by atoms with E-state index in [1.807, 2.05) is 29.6 Å². The lowest BCUT2D eigenvalue weighted by Gasteiger charge is -2.33. The van der Waals surface area contributed by atoms with Crippen LogP contribution in [0.5, 0.6) is 0 Å². The van der Waals surface area contributed by atoms with Crippen LogP contribution < -0.4 is 10.6 Å². The van der Waals surface area contributed by atoms with Gasteiger partial charge in [0.1, 0.15) is 6.04 Å². The first-order valence-corrected chi connectivity index (χ1v) is 10.00. The minimum Gasteiger partial charge on any atom is -0.374 e. The smallest absolute Gasteiger partial charge is 0.261 e. The molecule has 0 bridgehead atoms. The zero-order valence-electron chi connectivity index (χ0n) is 15.4. The number of nitrogens with zero attached hydrogens (tertiary/aromatic N) is 1. The van der Waals surface area contributed by atoms with E-state index in [4.69, 9.17) is 4.74 Å². The maximum absolute atomic E-state index is 12.3. The van der Waals surface area contributed by atoms with E-state index in [0.29, 0.717) is 18.0 Å². The van der Waals surface area contributed by atoms with Crippen molar-refractivity contribution in [2.24, 2.45) is 0 Å². The van der Waals surface area contributed by atoms with Crippen LogP contribution in [-0.4, -0.2) is 55.1 Å². The minimum atomic E-state index is -0.594. The van der Waals surface area contributed by atoms with Crippen molar-refractivity contribution in [1.29, 1.82) is 0 Å². The van der Waals surface area contributed by atoms with Crippen LogP contribution in [0.1, 0.15) is 22.2 Å². The van der Waals surface area contributed by atoms with Gasteiger partial charge in [0.05, 0.1) is 17.6 Å². The molecule has 1 aliphatic heterocycles. The molecular weight excluding hydrogens is 362 g/mol. The number of nitrogens with one attached hydrogen (secondary N) is 2. The fourth-order valence-electron chi connectivity index (χ4n) is 3.00. The molecule has 3 rings (SSSR count). The maximum atomic E-state index is 12.3. The van der Waals surface area contributed by atoms with Gasteiger partial charge < -0.3 is 15.4 Å². The molecule has 0 spiro atoms. The third-order valence-electron chi connectivity index (χ3n) is 4.46. The van der Waals surface area contributed by atoms with Gasteiger partial charge in [0.2, 0.25) is 5.91 Å². The van der Waals surface area contributed by atoms with Gasteiger partial charge in [-0.2, -0.15) is 0 Å². The van der Waals surface area contributed by atoms with E-state index in [0.717, 1.165) is 19.6 Å². The van der Waals surface area contributed by atoms with Crippen molar-refractivity contribution in [2.75, 3.05) is 26.2 Å². The fourth-order valence-corrected chi connectivity index (χ4v) is 3.62. The van der Waals surface area contributed by atoms with Gasteiger partial charge in [0, 0.05) is 26.2 Å². The predicted octanol–water partition coefficient (Wildman–Crippen LogP) is 1.88. The highest BCUT2D eigenvalue weighted by Crippen LogP contribution is 2.10. The molecule has 0 saturated carbocycles. The summed E-state index contributed by atoms with van der Waals surface area (Å²) in [6.45, 7) is 5.30. The summed E-state index contributed by atoms with van der Waals surface area (Å²) < 4.78 is 5.77. The Kier molecular flexibility index (Phi) is 6.98. The molecular formula is C20H25N3O3S. The van der Waals surface area contributed by atoms with Crippen molar-refractivity contribution in [3.8, 4) is 0 Å². The van der Waals surface area contributed by atoms with Crippen LogP contribution >= 0.6 is 11.3 Å². The van der Waals surface area contributed by atoms with Crippen molar-refractivity contribution in [2.45, 2.75) is 25.6 Å². The molecule has 1 aromatic carbocycles. The number of amides is 2. The lowest BCUT2D eigenvalue weighted by Crippen LogP contribution is -2.50. The first kappa shape index (κ1) is 19.5. The maximum Gasteiger partial charge on any atom is 0.261 e. The molecule has 1 fully saturated rings. The molecule has 0 aliphatic carbocycles. The Morgan fingerprint density at radius 3 is 2.81 bits per heavy atom. The van der Waals surface area contributed by atoms with Crippen LogP contribution in [0.2, 0.25) is 0 Å². The van der Waals surface area contributed by atoms with Gasteiger partial charge in [0.15, 0.2) is 0 Å². The molecule has 0 radical (unpaired) electrons. The number of carbonyl (C=O) groups is 2. The molecule has 1 aliphatic rings. The second-order valence-corrected chi connectivity index (χ2v) is 7.58. The average molecular weight is 388 g/mol. The van der Waals surface area contributed by atoms with Gasteiger partial charge in [-0.05, 0) is 23.9 Å². The normalized spacial score (nSPS) is 18.6. The van der Waals surface area contributed by atoms with E-state index in [1.165, 1.54) is 16.9 Å². The quantitative estimate of drug-likeness (QED) is 0.761. The number of ether oxygens (including phenoxy) is 1. The molecule has 7 heteroatoms. The second-order valence-electron chi connectivity index (χ2n) is 6.63. The lowest BCUT2D eigenvalue weighted by molar-refractivity contribution is -0.123.